The smallest absolute Gasteiger partial charge is 0.145 e. The second kappa shape index (κ2) is 7.31. The molecule has 124 valence electrons. The van der Waals surface area contributed by atoms with Crippen molar-refractivity contribution in [3.8, 4) is 0 Å². The Morgan fingerprint density at radius 3 is 2.71 bits per heavy atom. The van der Waals surface area contributed by atoms with Crippen LogP contribution in [0.5, 0.6) is 0 Å². The van der Waals surface area contributed by atoms with Gasteiger partial charge in [0.05, 0.1) is 17.2 Å². The number of hydrogen-bond acceptors (Lipinski definition) is 4. The molecule has 1 saturated carbocycles. The average Bonchev–Trinajstić information content (AvgIpc) is 3.13. The molecule has 1 N–H and O–H groups in total. The number of hydrogen-bond donors (Lipinski definition) is 1. The minimum Gasteiger partial charge on any atom is -0.376 e. The Kier molecular flexibility index (Phi) is 4.74. The summed E-state index contributed by atoms with van der Waals surface area (Å²) in [6.07, 6.45) is 9.99. The lowest BCUT2D eigenvalue weighted by Crippen LogP contribution is -2.17. The lowest BCUT2D eigenvalue weighted by molar-refractivity contribution is 0.325. The quantitative estimate of drug-likeness (QED) is 0.638. The first kappa shape index (κ1) is 15.6. The van der Waals surface area contributed by atoms with Crippen LogP contribution in [0.3, 0.4) is 0 Å². The number of nitrogens with zero attached hydrogens (tertiary/aromatic N) is 2. The second-order valence-electron chi connectivity index (χ2n) is 6.71. The van der Waals surface area contributed by atoms with Gasteiger partial charge in [0.25, 0.3) is 0 Å². The van der Waals surface area contributed by atoms with E-state index >= 15 is 0 Å². The Morgan fingerprint density at radius 1 is 1.04 bits per heavy atom. The molecule has 0 spiro atoms. The molecule has 0 bridgehead atoms. The van der Waals surface area contributed by atoms with Gasteiger partial charge in [-0.2, -0.15) is 0 Å². The zero-order chi connectivity index (χ0) is 16.2. The first-order valence-corrected chi connectivity index (χ1v) is 9.78. The molecular weight excluding hydrogens is 314 g/mol. The number of anilines is 1. The van der Waals surface area contributed by atoms with Crippen LogP contribution >= 0.6 is 11.3 Å². The van der Waals surface area contributed by atoms with Crippen LogP contribution in [-0.4, -0.2) is 9.97 Å². The summed E-state index contributed by atoms with van der Waals surface area (Å²) in [6.45, 7) is 0. The third-order valence-electron chi connectivity index (χ3n) is 5.06. The molecule has 0 saturated heterocycles. The van der Waals surface area contributed by atoms with Gasteiger partial charge in [-0.1, -0.05) is 62.4 Å². The highest BCUT2D eigenvalue weighted by atomic mass is 32.1. The van der Waals surface area contributed by atoms with Gasteiger partial charge >= 0.3 is 0 Å². The van der Waals surface area contributed by atoms with E-state index in [9.17, 15) is 0 Å². The Hall–Kier alpha value is -1.94. The van der Waals surface area contributed by atoms with Crippen molar-refractivity contribution in [3.63, 3.8) is 0 Å². The summed E-state index contributed by atoms with van der Waals surface area (Å²) in [6, 6.07) is 13.2. The highest BCUT2D eigenvalue weighted by molar-refractivity contribution is 7.16. The van der Waals surface area contributed by atoms with Gasteiger partial charge in [-0.3, -0.25) is 0 Å². The molecular formula is C20H23N3S. The van der Waals surface area contributed by atoms with Crippen molar-refractivity contribution in [2.75, 3.05) is 5.32 Å². The van der Waals surface area contributed by atoms with Gasteiger partial charge in [-0.05, 0) is 24.0 Å². The van der Waals surface area contributed by atoms with Gasteiger partial charge in [0.1, 0.15) is 10.3 Å². The molecule has 1 aliphatic rings. The molecule has 0 aliphatic heterocycles. The summed E-state index contributed by atoms with van der Waals surface area (Å²) in [7, 11) is 0. The lowest BCUT2D eigenvalue weighted by atomic mass is 9.83. The van der Waals surface area contributed by atoms with E-state index < -0.39 is 0 Å². The first-order chi connectivity index (χ1) is 11.9. The molecule has 2 heterocycles. The molecule has 24 heavy (non-hydrogen) atoms. The first-order valence-electron chi connectivity index (χ1n) is 8.90. The summed E-state index contributed by atoms with van der Waals surface area (Å²) in [5, 5.41) is 3.78. The molecule has 0 radical (unpaired) electrons. The van der Waals surface area contributed by atoms with Crippen molar-refractivity contribution in [1.82, 2.24) is 9.97 Å². The number of fused-ring (bicyclic) bond motifs is 1. The predicted octanol–water partition coefficient (Wildman–Crippen LogP) is 5.81. The normalized spacial score (nSPS) is 17.0. The Morgan fingerprint density at radius 2 is 1.88 bits per heavy atom. The van der Waals surface area contributed by atoms with Crippen molar-refractivity contribution in [2.45, 2.75) is 44.6 Å². The van der Waals surface area contributed by atoms with Crippen LogP contribution < -0.4 is 5.32 Å². The molecule has 1 fully saturated rings. The molecule has 4 rings (SSSR count). The van der Waals surface area contributed by atoms with Gasteiger partial charge in [0, 0.05) is 6.20 Å². The summed E-state index contributed by atoms with van der Waals surface area (Å²) in [5.74, 6) is 0.823. The fourth-order valence-corrected chi connectivity index (χ4v) is 4.45. The van der Waals surface area contributed by atoms with Crippen molar-refractivity contribution >= 4 is 27.4 Å². The number of thiazole rings is 1. The van der Waals surface area contributed by atoms with E-state index in [-0.39, 0.29) is 0 Å². The standard InChI is InChI=1S/C20H23N3S/c1-3-7-15(8-4-1)13-18(16-9-5-2-6-10-16)23-17-11-12-21-20-19(17)22-14-24-20/h2,5-6,9-12,14-15,18H,1,3-4,7-8,13H2,(H,21,23). The zero-order valence-electron chi connectivity index (χ0n) is 13.8. The third-order valence-corrected chi connectivity index (χ3v) is 5.80. The van der Waals surface area contributed by atoms with Crippen LogP contribution in [0.15, 0.2) is 48.1 Å². The Labute approximate surface area is 147 Å². The van der Waals surface area contributed by atoms with E-state index in [1.54, 1.807) is 11.3 Å². The minimum atomic E-state index is 0.335. The topological polar surface area (TPSA) is 37.8 Å². The minimum absolute atomic E-state index is 0.335. The van der Waals surface area contributed by atoms with Gasteiger partial charge < -0.3 is 5.32 Å². The van der Waals surface area contributed by atoms with Gasteiger partial charge in [-0.25, -0.2) is 9.97 Å². The molecule has 1 aliphatic carbocycles. The van der Waals surface area contributed by atoms with E-state index in [0.717, 1.165) is 22.0 Å². The van der Waals surface area contributed by atoms with Crippen molar-refractivity contribution in [3.05, 3.63) is 53.7 Å². The van der Waals surface area contributed by atoms with Crippen LogP contribution in [0.25, 0.3) is 10.3 Å². The number of pyridine rings is 1. The summed E-state index contributed by atoms with van der Waals surface area (Å²) < 4.78 is 0. The van der Waals surface area contributed by atoms with E-state index in [4.69, 9.17) is 0 Å². The van der Waals surface area contributed by atoms with E-state index in [1.165, 1.54) is 44.1 Å². The maximum absolute atomic E-state index is 4.51. The lowest BCUT2D eigenvalue weighted by Gasteiger charge is -2.28. The summed E-state index contributed by atoms with van der Waals surface area (Å²) >= 11 is 1.60. The molecule has 1 unspecified atom stereocenters. The average molecular weight is 337 g/mol. The highest BCUT2D eigenvalue weighted by Crippen LogP contribution is 2.35. The van der Waals surface area contributed by atoms with Gasteiger partial charge in [0.2, 0.25) is 0 Å². The molecule has 3 nitrogen and oxygen atoms in total. The van der Waals surface area contributed by atoms with E-state index in [0.29, 0.717) is 6.04 Å². The Balaban J connectivity index is 1.61. The molecule has 2 aromatic heterocycles. The maximum Gasteiger partial charge on any atom is 0.145 e. The summed E-state index contributed by atoms with van der Waals surface area (Å²) in [5.41, 5.74) is 5.34. The van der Waals surface area contributed by atoms with E-state index in [2.05, 4.69) is 51.7 Å². The molecule has 1 aromatic carbocycles. The predicted molar refractivity (Wildman–Crippen MR) is 101 cm³/mol. The summed E-state index contributed by atoms with van der Waals surface area (Å²) in [4.78, 5) is 9.92. The van der Waals surface area contributed by atoms with Crippen LogP contribution in [0, 0.1) is 5.92 Å². The fourth-order valence-electron chi connectivity index (χ4n) is 3.80. The molecule has 4 heteroatoms. The number of rotatable bonds is 5. The van der Waals surface area contributed by atoms with E-state index in [1.807, 2.05) is 11.7 Å². The monoisotopic (exact) mass is 337 g/mol. The Bertz CT molecular complexity index is 778. The van der Waals surface area contributed by atoms with Crippen LogP contribution in [-0.2, 0) is 0 Å². The van der Waals surface area contributed by atoms with Gasteiger partial charge in [-0.15, -0.1) is 11.3 Å². The number of benzene rings is 1. The SMILES string of the molecule is c1ccc(C(CC2CCCCC2)Nc2ccnc3scnc23)cc1. The van der Waals surface area contributed by atoms with Crippen molar-refractivity contribution in [2.24, 2.45) is 5.92 Å². The third kappa shape index (κ3) is 3.44. The molecule has 0 amide bonds. The van der Waals surface area contributed by atoms with Crippen LogP contribution in [0.4, 0.5) is 5.69 Å². The van der Waals surface area contributed by atoms with Crippen molar-refractivity contribution in [1.29, 1.82) is 0 Å². The maximum atomic E-state index is 4.51. The molecule has 3 aromatic rings. The van der Waals surface area contributed by atoms with Crippen molar-refractivity contribution < 1.29 is 0 Å². The van der Waals surface area contributed by atoms with Crippen LogP contribution in [0.2, 0.25) is 0 Å². The highest BCUT2D eigenvalue weighted by Gasteiger charge is 2.21. The molecule has 1 atom stereocenters. The number of aromatic nitrogens is 2. The fraction of sp³-hybridized carbons (Fsp3) is 0.400. The van der Waals surface area contributed by atoms with Crippen LogP contribution in [0.1, 0.15) is 50.1 Å². The van der Waals surface area contributed by atoms with Gasteiger partial charge in [0.15, 0.2) is 0 Å². The largest absolute Gasteiger partial charge is 0.376 e. The number of nitrogens with one attached hydrogen (secondary N) is 1. The zero-order valence-corrected chi connectivity index (χ0v) is 14.6. The second-order valence-corrected chi connectivity index (χ2v) is 7.55.